The zero-order valence-electron chi connectivity index (χ0n) is 18.0. The molecule has 5 heterocycles. The van der Waals surface area contributed by atoms with Gasteiger partial charge in [-0.25, -0.2) is 9.98 Å². The van der Waals surface area contributed by atoms with E-state index < -0.39 is 11.5 Å². The summed E-state index contributed by atoms with van der Waals surface area (Å²) in [6, 6.07) is 9.41. The molecule has 0 fully saturated rings. The highest BCUT2D eigenvalue weighted by Crippen LogP contribution is 2.52. The fraction of sp³-hybridized carbons (Fsp3) is 0.240. The number of halogens is 1. The summed E-state index contributed by atoms with van der Waals surface area (Å²) in [6.07, 6.45) is 6.00. The largest absolute Gasteiger partial charge is 0.462 e. The number of ether oxygens (including phenoxy) is 3. The standard InChI is InChI=1S/C25H21FN4O3/c1-14-4-7-28-23(26)22(14)16-2-3-20-17(10-16)25(13-32-24(27)30-25)18-11-19(29-12-21(18)33-20)15-5-8-31-9-6-15/h2-5,7,10-12H,6,8-9,13H2,1H3,(H2,27,30)/t25-/m0/s1. The Balaban J connectivity index is 1.55. The molecule has 0 unspecified atom stereocenters. The summed E-state index contributed by atoms with van der Waals surface area (Å²) < 4.78 is 32.0. The van der Waals surface area contributed by atoms with Gasteiger partial charge in [-0.3, -0.25) is 4.98 Å². The number of amidine groups is 1. The number of pyridine rings is 2. The molecule has 0 saturated carbocycles. The van der Waals surface area contributed by atoms with Gasteiger partial charge in [0.15, 0.2) is 11.3 Å². The summed E-state index contributed by atoms with van der Waals surface area (Å²) >= 11 is 0. The van der Waals surface area contributed by atoms with E-state index >= 15 is 0 Å². The fourth-order valence-electron chi connectivity index (χ4n) is 4.72. The van der Waals surface area contributed by atoms with Crippen molar-refractivity contribution in [3.8, 4) is 22.6 Å². The minimum absolute atomic E-state index is 0.103. The molecular weight excluding hydrogens is 423 g/mol. The van der Waals surface area contributed by atoms with Crippen molar-refractivity contribution in [2.45, 2.75) is 18.9 Å². The Bertz CT molecular complexity index is 1330. The van der Waals surface area contributed by atoms with Gasteiger partial charge in [-0.05, 0) is 54.3 Å². The summed E-state index contributed by atoms with van der Waals surface area (Å²) in [5, 5.41) is 0. The number of nitrogens with zero attached hydrogens (tertiary/aromatic N) is 3. The van der Waals surface area contributed by atoms with Crippen LogP contribution in [0.5, 0.6) is 11.5 Å². The molecular formula is C25H21FN4O3. The molecule has 3 aromatic rings. The SMILES string of the molecule is Cc1ccnc(F)c1-c1ccc2c(c1)[C@@]1(COC(N)=N1)c1cc(C3=CCOCC3)ncc1O2. The second kappa shape index (κ2) is 7.38. The molecule has 0 aliphatic carbocycles. The molecule has 0 amide bonds. The second-order valence-electron chi connectivity index (χ2n) is 8.33. The van der Waals surface area contributed by atoms with Crippen molar-refractivity contribution in [2.24, 2.45) is 10.7 Å². The lowest BCUT2D eigenvalue weighted by atomic mass is 9.80. The van der Waals surface area contributed by atoms with Crippen molar-refractivity contribution in [3.63, 3.8) is 0 Å². The van der Waals surface area contributed by atoms with Gasteiger partial charge in [0.2, 0.25) is 5.95 Å². The van der Waals surface area contributed by atoms with Gasteiger partial charge in [0.05, 0.1) is 25.1 Å². The highest BCUT2D eigenvalue weighted by molar-refractivity contribution is 5.78. The van der Waals surface area contributed by atoms with Crippen LogP contribution in [0.2, 0.25) is 0 Å². The van der Waals surface area contributed by atoms with Crippen LogP contribution >= 0.6 is 0 Å². The molecule has 0 radical (unpaired) electrons. The molecule has 6 rings (SSSR count). The molecule has 1 spiro atoms. The molecule has 3 aliphatic heterocycles. The summed E-state index contributed by atoms with van der Waals surface area (Å²) in [5.74, 6) is 0.678. The average molecular weight is 444 g/mol. The van der Waals surface area contributed by atoms with Crippen LogP contribution in [-0.2, 0) is 15.0 Å². The van der Waals surface area contributed by atoms with E-state index in [1.54, 1.807) is 12.3 Å². The number of aryl methyl sites for hydroxylation is 1. The Morgan fingerprint density at radius 2 is 1.97 bits per heavy atom. The number of aliphatic imine (C=N–C) groups is 1. The average Bonchev–Trinajstić information content (AvgIpc) is 3.22. The van der Waals surface area contributed by atoms with Crippen molar-refractivity contribution in [2.75, 3.05) is 19.8 Å². The number of hydrogen-bond donors (Lipinski definition) is 1. The van der Waals surface area contributed by atoms with Crippen LogP contribution in [-0.4, -0.2) is 35.8 Å². The Kier molecular flexibility index (Phi) is 4.45. The van der Waals surface area contributed by atoms with E-state index in [1.807, 2.05) is 37.3 Å². The maximum atomic E-state index is 14.7. The molecule has 1 aromatic carbocycles. The van der Waals surface area contributed by atoms with E-state index in [2.05, 4.69) is 9.97 Å². The molecule has 7 nitrogen and oxygen atoms in total. The monoisotopic (exact) mass is 444 g/mol. The first kappa shape index (κ1) is 19.9. The van der Waals surface area contributed by atoms with Crippen LogP contribution in [0, 0.1) is 12.9 Å². The second-order valence-corrected chi connectivity index (χ2v) is 8.33. The molecule has 3 aliphatic rings. The smallest absolute Gasteiger partial charge is 0.283 e. The first-order valence-electron chi connectivity index (χ1n) is 10.7. The van der Waals surface area contributed by atoms with E-state index in [-0.39, 0.29) is 12.6 Å². The minimum atomic E-state index is -0.918. The number of hydrogen-bond acceptors (Lipinski definition) is 7. The molecule has 8 heteroatoms. The van der Waals surface area contributed by atoms with E-state index in [1.165, 1.54) is 6.20 Å². The van der Waals surface area contributed by atoms with Gasteiger partial charge in [0, 0.05) is 22.9 Å². The number of rotatable bonds is 2. The Hall–Kier alpha value is -3.78. The Morgan fingerprint density at radius 1 is 1.09 bits per heavy atom. The normalized spacial score (nSPS) is 20.9. The maximum absolute atomic E-state index is 14.7. The third kappa shape index (κ3) is 3.09. The summed E-state index contributed by atoms with van der Waals surface area (Å²) in [5.41, 5.74) is 10.5. The van der Waals surface area contributed by atoms with E-state index in [4.69, 9.17) is 24.9 Å². The van der Waals surface area contributed by atoms with Crippen molar-refractivity contribution >= 4 is 11.6 Å². The number of benzene rings is 1. The van der Waals surface area contributed by atoms with E-state index in [9.17, 15) is 4.39 Å². The number of aromatic nitrogens is 2. The Labute approximate surface area is 189 Å². The lowest BCUT2D eigenvalue weighted by Gasteiger charge is -2.34. The third-order valence-electron chi connectivity index (χ3n) is 6.38. The van der Waals surface area contributed by atoms with Gasteiger partial charge >= 0.3 is 0 Å². The van der Waals surface area contributed by atoms with Gasteiger partial charge in [0.1, 0.15) is 12.4 Å². The first-order chi connectivity index (χ1) is 16.0. The topological polar surface area (TPSA) is 91.9 Å². The predicted molar refractivity (Wildman–Crippen MR) is 120 cm³/mol. The third-order valence-corrected chi connectivity index (χ3v) is 6.38. The van der Waals surface area contributed by atoms with Crippen LogP contribution in [0.3, 0.4) is 0 Å². The van der Waals surface area contributed by atoms with Gasteiger partial charge in [-0.15, -0.1) is 0 Å². The summed E-state index contributed by atoms with van der Waals surface area (Å²) in [6.45, 7) is 3.29. The highest BCUT2D eigenvalue weighted by atomic mass is 19.1. The Morgan fingerprint density at radius 3 is 2.73 bits per heavy atom. The van der Waals surface area contributed by atoms with Crippen molar-refractivity contribution in [3.05, 3.63) is 77.1 Å². The predicted octanol–water partition coefficient (Wildman–Crippen LogP) is 4.09. The lowest BCUT2D eigenvalue weighted by molar-refractivity contribution is 0.161. The van der Waals surface area contributed by atoms with Crippen LogP contribution < -0.4 is 10.5 Å². The van der Waals surface area contributed by atoms with Crippen LogP contribution in [0.4, 0.5) is 4.39 Å². The van der Waals surface area contributed by atoms with Gasteiger partial charge < -0.3 is 19.9 Å². The molecule has 166 valence electrons. The fourth-order valence-corrected chi connectivity index (χ4v) is 4.72. The van der Waals surface area contributed by atoms with Gasteiger partial charge in [0.25, 0.3) is 6.02 Å². The maximum Gasteiger partial charge on any atom is 0.283 e. The molecule has 33 heavy (non-hydrogen) atoms. The zero-order valence-corrected chi connectivity index (χ0v) is 18.0. The highest BCUT2D eigenvalue weighted by Gasteiger charge is 2.47. The van der Waals surface area contributed by atoms with Crippen LogP contribution in [0.1, 0.15) is 28.8 Å². The van der Waals surface area contributed by atoms with Crippen LogP contribution in [0.15, 0.2) is 53.8 Å². The number of nitrogens with two attached hydrogens (primary N) is 1. The minimum Gasteiger partial charge on any atom is -0.462 e. The molecule has 2 aromatic heterocycles. The molecule has 0 saturated heterocycles. The van der Waals surface area contributed by atoms with Gasteiger partial charge in [-0.2, -0.15) is 4.39 Å². The van der Waals surface area contributed by atoms with Crippen molar-refractivity contribution < 1.29 is 18.6 Å². The quantitative estimate of drug-likeness (QED) is 0.599. The van der Waals surface area contributed by atoms with Gasteiger partial charge in [-0.1, -0.05) is 12.1 Å². The van der Waals surface area contributed by atoms with E-state index in [0.717, 1.165) is 34.4 Å². The molecule has 0 bridgehead atoms. The van der Waals surface area contributed by atoms with Crippen molar-refractivity contribution in [1.29, 1.82) is 0 Å². The summed E-state index contributed by atoms with van der Waals surface area (Å²) in [7, 11) is 0. The van der Waals surface area contributed by atoms with Crippen LogP contribution in [0.25, 0.3) is 16.7 Å². The lowest BCUT2D eigenvalue weighted by Crippen LogP contribution is -2.31. The van der Waals surface area contributed by atoms with E-state index in [0.29, 0.717) is 35.8 Å². The summed E-state index contributed by atoms with van der Waals surface area (Å²) in [4.78, 5) is 13.2. The zero-order chi connectivity index (χ0) is 22.6. The molecule has 2 N–H and O–H groups in total. The molecule has 1 atom stereocenters. The number of fused-ring (bicyclic) bond motifs is 4. The first-order valence-corrected chi connectivity index (χ1v) is 10.7. The van der Waals surface area contributed by atoms with Crippen molar-refractivity contribution in [1.82, 2.24) is 9.97 Å².